The van der Waals surface area contributed by atoms with E-state index >= 15 is 0 Å². The minimum absolute atomic E-state index is 0.0907. The van der Waals surface area contributed by atoms with E-state index in [9.17, 15) is 9.59 Å². The zero-order chi connectivity index (χ0) is 13.3. The predicted molar refractivity (Wildman–Crippen MR) is 67.0 cm³/mol. The molecule has 2 rings (SSSR count). The third-order valence-electron chi connectivity index (χ3n) is 2.51. The molecule has 0 unspecified atom stereocenters. The molecule has 0 bridgehead atoms. The van der Waals surface area contributed by atoms with E-state index < -0.39 is 11.2 Å². The van der Waals surface area contributed by atoms with Crippen molar-refractivity contribution in [3.05, 3.63) is 61.9 Å². The molecular weight excluding hydrogens is 254 g/mol. The second-order valence-electron chi connectivity index (χ2n) is 3.65. The molecular formula is C12H8ClN3O2. The van der Waals surface area contributed by atoms with Crippen LogP contribution < -0.4 is 11.2 Å². The van der Waals surface area contributed by atoms with Crippen LogP contribution in [0.4, 0.5) is 0 Å². The first-order valence-corrected chi connectivity index (χ1v) is 5.41. The second kappa shape index (κ2) is 4.51. The average Bonchev–Trinajstić information content (AvgIpc) is 2.38. The van der Waals surface area contributed by atoms with E-state index in [1.165, 1.54) is 17.8 Å². The summed E-state index contributed by atoms with van der Waals surface area (Å²) in [5, 5.41) is 9.39. The first kappa shape index (κ1) is 12.1. The van der Waals surface area contributed by atoms with Crippen molar-refractivity contribution >= 4 is 11.6 Å². The molecule has 0 spiro atoms. The van der Waals surface area contributed by atoms with Crippen molar-refractivity contribution in [1.82, 2.24) is 9.13 Å². The molecule has 5 nitrogen and oxygen atoms in total. The summed E-state index contributed by atoms with van der Waals surface area (Å²) in [6.45, 7) is 0. The third-order valence-corrected chi connectivity index (χ3v) is 2.76. The molecule has 0 radical (unpaired) electrons. The Morgan fingerprint density at radius 1 is 1.22 bits per heavy atom. The van der Waals surface area contributed by atoms with Gasteiger partial charge in [-0.3, -0.25) is 13.9 Å². The summed E-state index contributed by atoms with van der Waals surface area (Å²) in [5.41, 5.74) is -0.669. The fourth-order valence-corrected chi connectivity index (χ4v) is 1.66. The Morgan fingerprint density at radius 3 is 2.39 bits per heavy atom. The summed E-state index contributed by atoms with van der Waals surface area (Å²) < 4.78 is 2.13. The Balaban J connectivity index is 2.77. The van der Waals surface area contributed by atoms with Crippen LogP contribution in [0.5, 0.6) is 0 Å². The molecule has 1 heterocycles. The lowest BCUT2D eigenvalue weighted by molar-refractivity contribution is 0.724. The maximum Gasteiger partial charge on any atom is 0.335 e. The molecule has 0 aliphatic heterocycles. The van der Waals surface area contributed by atoms with Crippen molar-refractivity contribution < 1.29 is 0 Å². The number of benzene rings is 1. The fraction of sp³-hybridized carbons (Fsp3) is 0.0833. The van der Waals surface area contributed by atoms with Gasteiger partial charge in [-0.05, 0) is 24.3 Å². The van der Waals surface area contributed by atoms with E-state index in [1.807, 2.05) is 0 Å². The van der Waals surface area contributed by atoms with Gasteiger partial charge in [-0.25, -0.2) is 4.79 Å². The number of nitriles is 1. The lowest BCUT2D eigenvalue weighted by Gasteiger charge is -2.07. The van der Waals surface area contributed by atoms with Gasteiger partial charge in [0.2, 0.25) is 0 Å². The van der Waals surface area contributed by atoms with Gasteiger partial charge < -0.3 is 0 Å². The molecule has 2 aromatic rings. The molecule has 0 atom stereocenters. The van der Waals surface area contributed by atoms with Gasteiger partial charge in [0.15, 0.2) is 0 Å². The van der Waals surface area contributed by atoms with Crippen LogP contribution in [0.3, 0.4) is 0 Å². The lowest BCUT2D eigenvalue weighted by atomic mass is 10.3. The summed E-state index contributed by atoms with van der Waals surface area (Å²) in [4.78, 5) is 23.5. The van der Waals surface area contributed by atoms with E-state index in [-0.39, 0.29) is 5.56 Å². The second-order valence-corrected chi connectivity index (χ2v) is 4.08. The zero-order valence-corrected chi connectivity index (χ0v) is 10.2. The topological polar surface area (TPSA) is 67.8 Å². The van der Waals surface area contributed by atoms with Gasteiger partial charge in [-0.2, -0.15) is 5.26 Å². The third kappa shape index (κ3) is 1.94. The Bertz CT molecular complexity index is 751. The van der Waals surface area contributed by atoms with Crippen molar-refractivity contribution in [2.75, 3.05) is 0 Å². The van der Waals surface area contributed by atoms with Crippen molar-refractivity contribution in [2.24, 2.45) is 7.05 Å². The molecule has 0 amide bonds. The van der Waals surface area contributed by atoms with Gasteiger partial charge in [0.05, 0.1) is 5.69 Å². The van der Waals surface area contributed by atoms with Gasteiger partial charge in [-0.1, -0.05) is 11.6 Å². The van der Waals surface area contributed by atoms with E-state index in [0.29, 0.717) is 10.7 Å². The summed E-state index contributed by atoms with van der Waals surface area (Å²) in [6.07, 6.45) is 1.23. The number of hydrogen-bond acceptors (Lipinski definition) is 3. The summed E-state index contributed by atoms with van der Waals surface area (Å²) in [6, 6.07) is 8.29. The molecule has 0 saturated carbocycles. The smallest absolute Gasteiger partial charge is 0.268 e. The number of rotatable bonds is 1. The quantitative estimate of drug-likeness (QED) is 0.771. The molecule has 1 aromatic heterocycles. The van der Waals surface area contributed by atoms with Crippen LogP contribution in [0.2, 0.25) is 5.02 Å². The van der Waals surface area contributed by atoms with E-state index in [2.05, 4.69) is 0 Å². The summed E-state index contributed by atoms with van der Waals surface area (Å²) in [5.74, 6) is 0. The highest BCUT2D eigenvalue weighted by molar-refractivity contribution is 6.30. The highest BCUT2D eigenvalue weighted by atomic mass is 35.5. The van der Waals surface area contributed by atoms with Crippen LogP contribution in [-0.2, 0) is 7.05 Å². The van der Waals surface area contributed by atoms with Crippen LogP contribution in [0, 0.1) is 11.3 Å². The minimum atomic E-state index is -0.604. The van der Waals surface area contributed by atoms with E-state index in [1.54, 1.807) is 30.3 Å². The van der Waals surface area contributed by atoms with Gasteiger partial charge in [-0.15, -0.1) is 0 Å². The molecule has 0 saturated heterocycles. The first-order chi connectivity index (χ1) is 8.54. The molecule has 0 fully saturated rings. The molecule has 1 aromatic carbocycles. The van der Waals surface area contributed by atoms with Crippen LogP contribution >= 0.6 is 11.6 Å². The molecule has 0 aliphatic rings. The molecule has 18 heavy (non-hydrogen) atoms. The van der Waals surface area contributed by atoms with Gasteiger partial charge >= 0.3 is 5.69 Å². The summed E-state index contributed by atoms with van der Waals surface area (Å²) in [7, 11) is 1.33. The molecule has 6 heteroatoms. The van der Waals surface area contributed by atoms with E-state index in [0.717, 1.165) is 4.57 Å². The van der Waals surface area contributed by atoms with Gasteiger partial charge in [0, 0.05) is 18.3 Å². The number of hydrogen-bond donors (Lipinski definition) is 0. The average molecular weight is 262 g/mol. The number of halogens is 1. The normalized spacial score (nSPS) is 10.1. The maximum absolute atomic E-state index is 11.9. The Morgan fingerprint density at radius 2 is 1.83 bits per heavy atom. The molecule has 90 valence electrons. The van der Waals surface area contributed by atoms with Crippen molar-refractivity contribution in [3.8, 4) is 11.8 Å². The van der Waals surface area contributed by atoms with Crippen molar-refractivity contribution in [3.63, 3.8) is 0 Å². The Labute approximate surface area is 107 Å². The largest absolute Gasteiger partial charge is 0.335 e. The fourth-order valence-electron chi connectivity index (χ4n) is 1.53. The lowest BCUT2D eigenvalue weighted by Crippen LogP contribution is -2.38. The van der Waals surface area contributed by atoms with Crippen molar-refractivity contribution in [2.45, 2.75) is 0 Å². The number of nitrogens with zero attached hydrogens (tertiary/aromatic N) is 3. The zero-order valence-electron chi connectivity index (χ0n) is 9.42. The van der Waals surface area contributed by atoms with Crippen LogP contribution in [0.1, 0.15) is 5.56 Å². The predicted octanol–water partition coefficient (Wildman–Crippen LogP) is 1.06. The molecule has 0 aliphatic carbocycles. The SMILES string of the molecule is Cn1c(=O)c(C#N)cn(-c2ccc(Cl)cc2)c1=O. The van der Waals surface area contributed by atoms with Crippen LogP contribution in [0.25, 0.3) is 5.69 Å². The maximum atomic E-state index is 11.9. The standard InChI is InChI=1S/C12H8ClN3O2/c1-15-11(17)8(6-14)7-16(12(15)18)10-4-2-9(13)3-5-10/h2-5,7H,1H3. The first-order valence-electron chi connectivity index (χ1n) is 5.03. The van der Waals surface area contributed by atoms with Crippen LogP contribution in [-0.4, -0.2) is 9.13 Å². The number of aromatic nitrogens is 2. The Hall–Kier alpha value is -2.32. The molecule has 0 N–H and O–H groups in total. The van der Waals surface area contributed by atoms with Crippen molar-refractivity contribution in [1.29, 1.82) is 5.26 Å². The van der Waals surface area contributed by atoms with Gasteiger partial charge in [0.1, 0.15) is 11.6 Å². The van der Waals surface area contributed by atoms with Crippen LogP contribution in [0.15, 0.2) is 40.1 Å². The minimum Gasteiger partial charge on any atom is -0.268 e. The van der Waals surface area contributed by atoms with E-state index in [4.69, 9.17) is 16.9 Å². The highest BCUT2D eigenvalue weighted by Gasteiger charge is 2.09. The Kier molecular flexibility index (Phi) is 3.04. The van der Waals surface area contributed by atoms with Gasteiger partial charge in [0.25, 0.3) is 5.56 Å². The monoisotopic (exact) mass is 261 g/mol. The summed E-state index contributed by atoms with van der Waals surface area (Å²) >= 11 is 5.76. The highest BCUT2D eigenvalue weighted by Crippen LogP contribution is 2.11.